The Kier molecular flexibility index (Phi) is 6.44. The molecule has 5 aromatic rings. The molecule has 0 spiro atoms. The summed E-state index contributed by atoms with van der Waals surface area (Å²) in [6.07, 6.45) is 5.02. The van der Waals surface area contributed by atoms with Crippen LogP contribution in [0.5, 0.6) is 0 Å². The van der Waals surface area contributed by atoms with Crippen LogP contribution in [0, 0.1) is 11.8 Å². The van der Waals surface area contributed by atoms with Gasteiger partial charge in [-0.1, -0.05) is 18.1 Å². The molecule has 1 amide bonds. The molecule has 0 bridgehead atoms. The van der Waals surface area contributed by atoms with Crippen LogP contribution in [-0.2, 0) is 11.3 Å². The zero-order chi connectivity index (χ0) is 24.7. The molecule has 0 aliphatic rings. The first kappa shape index (κ1) is 22.5. The third-order valence-electron chi connectivity index (χ3n) is 5.12. The van der Waals surface area contributed by atoms with Crippen molar-refractivity contribution in [1.29, 1.82) is 0 Å². The predicted molar refractivity (Wildman–Crippen MR) is 138 cm³/mol. The van der Waals surface area contributed by atoms with Gasteiger partial charge >= 0.3 is 0 Å². The first-order valence-electron chi connectivity index (χ1n) is 11.1. The molecule has 0 aliphatic heterocycles. The fourth-order valence-electron chi connectivity index (χ4n) is 3.56. The van der Waals surface area contributed by atoms with Crippen molar-refractivity contribution in [2.24, 2.45) is 0 Å². The van der Waals surface area contributed by atoms with Crippen molar-refractivity contribution >= 4 is 45.8 Å². The van der Waals surface area contributed by atoms with Crippen LogP contribution in [0.1, 0.15) is 12.6 Å². The summed E-state index contributed by atoms with van der Waals surface area (Å²) < 4.78 is 1.91. The quantitative estimate of drug-likeness (QED) is 0.301. The monoisotopic (exact) mass is 475 g/mol. The Balaban J connectivity index is 1.28. The lowest BCUT2D eigenvalue weighted by Crippen LogP contribution is -2.08. The van der Waals surface area contributed by atoms with E-state index < -0.39 is 0 Å². The number of hydrogen-bond donors (Lipinski definition) is 3. The van der Waals surface area contributed by atoms with Crippen LogP contribution in [0.25, 0.3) is 10.9 Å². The lowest BCUT2D eigenvalue weighted by molar-refractivity contribution is -0.111. The number of pyridine rings is 1. The first-order chi connectivity index (χ1) is 17.7. The first-order valence-corrected chi connectivity index (χ1v) is 11.1. The van der Waals surface area contributed by atoms with E-state index >= 15 is 0 Å². The van der Waals surface area contributed by atoms with Gasteiger partial charge < -0.3 is 16.0 Å². The SMILES string of the molecule is CC#CC(=O)Nc1cccc(Nc2ncnc(Nc3ccc4c(cnn4Cc4ccccn4)c3)n2)c1. The predicted octanol–water partition coefficient (Wildman–Crippen LogP) is 4.11. The molecule has 36 heavy (non-hydrogen) atoms. The zero-order valence-electron chi connectivity index (χ0n) is 19.3. The number of aromatic nitrogens is 6. The minimum absolute atomic E-state index is 0.355. The standard InChI is InChI=1S/C26H21N9O/c1-2-6-24(36)31-19-8-5-9-20(14-19)32-25-28-17-29-26(34-25)33-21-10-11-23-18(13-21)15-30-35(23)16-22-7-3-4-12-27-22/h3-5,7-15,17H,16H2,1H3,(H,31,36)(H2,28,29,32,33,34). The fourth-order valence-corrected chi connectivity index (χ4v) is 3.56. The Bertz CT molecular complexity index is 1590. The molecule has 0 saturated heterocycles. The van der Waals surface area contributed by atoms with Gasteiger partial charge in [0.2, 0.25) is 11.9 Å². The molecule has 176 valence electrons. The number of carbonyl (C=O) groups excluding carboxylic acids is 1. The van der Waals surface area contributed by atoms with Gasteiger partial charge in [0.1, 0.15) is 6.33 Å². The average molecular weight is 476 g/mol. The summed E-state index contributed by atoms with van der Waals surface area (Å²) >= 11 is 0. The van der Waals surface area contributed by atoms with Crippen molar-refractivity contribution in [3.63, 3.8) is 0 Å². The van der Waals surface area contributed by atoms with Gasteiger partial charge in [0.15, 0.2) is 0 Å². The topological polar surface area (TPSA) is 123 Å². The summed E-state index contributed by atoms with van der Waals surface area (Å²) in [5.41, 5.74) is 4.07. The van der Waals surface area contributed by atoms with Crippen LogP contribution in [0.4, 0.5) is 29.0 Å². The van der Waals surface area contributed by atoms with Crippen molar-refractivity contribution in [1.82, 2.24) is 29.7 Å². The largest absolute Gasteiger partial charge is 0.324 e. The van der Waals surface area contributed by atoms with Gasteiger partial charge in [-0.15, -0.1) is 0 Å². The molecule has 10 nitrogen and oxygen atoms in total. The highest BCUT2D eigenvalue weighted by Crippen LogP contribution is 2.23. The summed E-state index contributed by atoms with van der Waals surface area (Å²) in [5.74, 6) is 5.38. The van der Waals surface area contributed by atoms with Crippen molar-refractivity contribution in [2.75, 3.05) is 16.0 Å². The van der Waals surface area contributed by atoms with E-state index in [9.17, 15) is 4.79 Å². The second-order valence-corrected chi connectivity index (χ2v) is 7.69. The van der Waals surface area contributed by atoms with Gasteiger partial charge in [0.25, 0.3) is 5.91 Å². The summed E-state index contributed by atoms with van der Waals surface area (Å²) in [6, 6.07) is 18.9. The molecular weight excluding hydrogens is 454 g/mol. The van der Waals surface area contributed by atoms with Crippen LogP contribution >= 0.6 is 0 Å². The highest BCUT2D eigenvalue weighted by molar-refractivity contribution is 6.04. The van der Waals surface area contributed by atoms with Gasteiger partial charge in [-0.3, -0.25) is 14.5 Å². The maximum Gasteiger partial charge on any atom is 0.300 e. The molecule has 5 rings (SSSR count). The minimum atomic E-state index is -0.374. The summed E-state index contributed by atoms with van der Waals surface area (Å²) in [6.45, 7) is 2.20. The third kappa shape index (κ3) is 5.43. The summed E-state index contributed by atoms with van der Waals surface area (Å²) in [5, 5.41) is 14.5. The Morgan fingerprint density at radius 2 is 1.72 bits per heavy atom. The van der Waals surface area contributed by atoms with E-state index in [2.05, 4.69) is 52.8 Å². The van der Waals surface area contributed by atoms with Gasteiger partial charge in [0, 0.05) is 28.6 Å². The molecule has 0 unspecified atom stereocenters. The fraction of sp³-hybridized carbons (Fsp3) is 0.0769. The molecule has 10 heteroatoms. The molecular formula is C26H21N9O. The molecule has 3 heterocycles. The van der Waals surface area contributed by atoms with Crippen LogP contribution < -0.4 is 16.0 Å². The Labute approximate surface area is 206 Å². The van der Waals surface area contributed by atoms with Crippen LogP contribution in [-0.4, -0.2) is 35.6 Å². The number of nitrogens with one attached hydrogen (secondary N) is 3. The smallest absolute Gasteiger partial charge is 0.300 e. The Morgan fingerprint density at radius 1 is 0.917 bits per heavy atom. The molecule has 3 N–H and O–H groups in total. The second-order valence-electron chi connectivity index (χ2n) is 7.69. The summed E-state index contributed by atoms with van der Waals surface area (Å²) in [7, 11) is 0. The third-order valence-corrected chi connectivity index (χ3v) is 5.12. The second kappa shape index (κ2) is 10.3. The maximum atomic E-state index is 11.7. The number of rotatable bonds is 7. The van der Waals surface area contributed by atoms with Gasteiger partial charge in [-0.2, -0.15) is 10.1 Å². The van der Waals surface area contributed by atoms with E-state index in [0.717, 1.165) is 22.3 Å². The van der Waals surface area contributed by atoms with Crippen LogP contribution in [0.3, 0.4) is 0 Å². The lowest BCUT2D eigenvalue weighted by atomic mass is 10.2. The average Bonchev–Trinajstić information content (AvgIpc) is 3.27. The van der Waals surface area contributed by atoms with E-state index in [0.29, 0.717) is 29.8 Å². The Morgan fingerprint density at radius 3 is 2.50 bits per heavy atom. The van der Waals surface area contributed by atoms with Gasteiger partial charge in [-0.05, 0) is 61.4 Å². The van der Waals surface area contributed by atoms with E-state index in [1.807, 2.05) is 53.3 Å². The van der Waals surface area contributed by atoms with Gasteiger partial charge in [0.05, 0.1) is 24.0 Å². The molecule has 0 atom stereocenters. The number of amides is 1. The molecule has 0 radical (unpaired) electrons. The maximum absolute atomic E-state index is 11.7. The molecule has 0 saturated carbocycles. The molecule has 3 aromatic heterocycles. The van der Waals surface area contributed by atoms with Crippen molar-refractivity contribution in [3.8, 4) is 11.8 Å². The number of anilines is 5. The van der Waals surface area contributed by atoms with E-state index in [1.165, 1.54) is 6.33 Å². The van der Waals surface area contributed by atoms with E-state index in [-0.39, 0.29) is 5.91 Å². The zero-order valence-corrected chi connectivity index (χ0v) is 19.3. The molecule has 2 aromatic carbocycles. The highest BCUT2D eigenvalue weighted by Gasteiger charge is 2.08. The number of carbonyl (C=O) groups is 1. The number of benzene rings is 2. The lowest BCUT2D eigenvalue weighted by Gasteiger charge is -2.09. The number of nitrogens with zero attached hydrogens (tertiary/aromatic N) is 6. The Hall–Kier alpha value is -5.30. The van der Waals surface area contributed by atoms with Crippen LogP contribution in [0.15, 0.2) is 79.4 Å². The van der Waals surface area contributed by atoms with E-state index in [4.69, 9.17) is 0 Å². The van der Waals surface area contributed by atoms with Crippen molar-refractivity contribution in [3.05, 3.63) is 85.1 Å². The van der Waals surface area contributed by atoms with Crippen molar-refractivity contribution < 1.29 is 4.79 Å². The minimum Gasteiger partial charge on any atom is -0.324 e. The summed E-state index contributed by atoms with van der Waals surface area (Å²) in [4.78, 5) is 28.9. The molecule has 0 fully saturated rings. The van der Waals surface area contributed by atoms with Crippen LogP contribution in [0.2, 0.25) is 0 Å². The van der Waals surface area contributed by atoms with E-state index in [1.54, 1.807) is 31.3 Å². The molecule has 0 aliphatic carbocycles. The van der Waals surface area contributed by atoms with Gasteiger partial charge in [-0.25, -0.2) is 9.97 Å². The number of hydrogen-bond acceptors (Lipinski definition) is 8. The van der Waals surface area contributed by atoms with Crippen molar-refractivity contribution in [2.45, 2.75) is 13.5 Å². The number of fused-ring (bicyclic) bond motifs is 1. The highest BCUT2D eigenvalue weighted by atomic mass is 16.1. The normalized spacial score (nSPS) is 10.4.